The molecule has 1 saturated heterocycles. The van der Waals surface area contributed by atoms with Gasteiger partial charge in [0.05, 0.1) is 22.2 Å². The van der Waals surface area contributed by atoms with Crippen molar-refractivity contribution in [3.8, 4) is 5.06 Å². The van der Waals surface area contributed by atoms with Gasteiger partial charge in [-0.3, -0.25) is 4.79 Å². The van der Waals surface area contributed by atoms with Gasteiger partial charge in [-0.15, -0.1) is 11.3 Å². The van der Waals surface area contributed by atoms with Crippen LogP contribution in [0.5, 0.6) is 5.06 Å². The zero-order valence-corrected chi connectivity index (χ0v) is 17.7. The summed E-state index contributed by atoms with van der Waals surface area (Å²) in [5.41, 5.74) is 0.959. The number of carbonyl (C=O) groups is 1. The second kappa shape index (κ2) is 8.43. The SMILES string of the molecule is C[C@@H](NC(=O)[C@@H]1CCN(c2nc3ccccc3s2)C1)c1ccc(OCC(F)(F)F)s1. The zero-order chi connectivity index (χ0) is 21.3. The first-order valence-corrected chi connectivity index (χ1v) is 11.1. The fraction of sp³-hybridized carbons (Fsp3) is 0.400. The second-order valence-corrected chi connectivity index (χ2v) is 9.27. The average Bonchev–Trinajstić information content (AvgIpc) is 3.44. The maximum Gasteiger partial charge on any atom is 0.422 e. The van der Waals surface area contributed by atoms with Gasteiger partial charge < -0.3 is 15.0 Å². The molecule has 0 radical (unpaired) electrons. The van der Waals surface area contributed by atoms with Gasteiger partial charge in [0.15, 0.2) is 16.8 Å². The molecule has 0 aliphatic carbocycles. The van der Waals surface area contributed by atoms with E-state index in [2.05, 4.69) is 15.2 Å². The molecule has 4 rings (SSSR count). The highest BCUT2D eigenvalue weighted by Crippen LogP contribution is 2.33. The van der Waals surface area contributed by atoms with Crippen LogP contribution in [0.3, 0.4) is 0 Å². The predicted molar refractivity (Wildman–Crippen MR) is 112 cm³/mol. The topological polar surface area (TPSA) is 54.5 Å². The number of para-hydroxylation sites is 1. The van der Waals surface area contributed by atoms with Crippen molar-refractivity contribution in [3.05, 3.63) is 41.3 Å². The van der Waals surface area contributed by atoms with Crippen molar-refractivity contribution >= 4 is 43.9 Å². The summed E-state index contributed by atoms with van der Waals surface area (Å²) < 4.78 is 42.7. The highest BCUT2D eigenvalue weighted by atomic mass is 32.1. The van der Waals surface area contributed by atoms with Crippen molar-refractivity contribution in [1.82, 2.24) is 10.3 Å². The third kappa shape index (κ3) is 4.86. The number of anilines is 1. The lowest BCUT2D eigenvalue weighted by Crippen LogP contribution is -2.34. The summed E-state index contributed by atoms with van der Waals surface area (Å²) in [6.45, 7) is 1.86. The van der Waals surface area contributed by atoms with E-state index >= 15 is 0 Å². The van der Waals surface area contributed by atoms with E-state index < -0.39 is 12.8 Å². The highest BCUT2D eigenvalue weighted by molar-refractivity contribution is 7.22. The molecule has 2 aromatic heterocycles. The summed E-state index contributed by atoms with van der Waals surface area (Å²) in [5, 5.41) is 4.08. The highest BCUT2D eigenvalue weighted by Gasteiger charge is 2.31. The first kappa shape index (κ1) is 20.9. The van der Waals surface area contributed by atoms with Crippen LogP contribution in [-0.4, -0.2) is 36.8 Å². The fourth-order valence-electron chi connectivity index (χ4n) is 3.34. The lowest BCUT2D eigenvalue weighted by molar-refractivity contribution is -0.152. The van der Waals surface area contributed by atoms with E-state index in [0.717, 1.165) is 44.5 Å². The van der Waals surface area contributed by atoms with Gasteiger partial charge in [0.2, 0.25) is 5.91 Å². The number of benzene rings is 1. The number of amides is 1. The maximum absolute atomic E-state index is 12.7. The number of thiazole rings is 1. The number of nitrogens with zero attached hydrogens (tertiary/aromatic N) is 2. The Morgan fingerprint density at radius 1 is 1.30 bits per heavy atom. The molecule has 3 aromatic rings. The number of aromatic nitrogens is 1. The Labute approximate surface area is 179 Å². The number of ether oxygens (including phenoxy) is 1. The van der Waals surface area contributed by atoms with E-state index in [0.29, 0.717) is 6.54 Å². The van der Waals surface area contributed by atoms with Gasteiger partial charge in [0, 0.05) is 18.0 Å². The van der Waals surface area contributed by atoms with Crippen LogP contribution in [0.4, 0.5) is 18.3 Å². The molecule has 1 amide bonds. The number of nitrogens with one attached hydrogen (secondary N) is 1. The Bertz CT molecular complexity index is 1000. The standard InChI is InChI=1S/C20H20F3N3O2S2/c1-12(15-6-7-17(29-15)28-11-20(21,22)23)24-18(27)13-8-9-26(10-13)19-25-14-4-2-3-5-16(14)30-19/h2-7,12-13H,8-11H2,1H3,(H,24,27)/t12-,13-/m1/s1. The number of hydrogen-bond donors (Lipinski definition) is 1. The minimum absolute atomic E-state index is 0.0581. The summed E-state index contributed by atoms with van der Waals surface area (Å²) in [6.07, 6.45) is -3.64. The number of halogens is 3. The van der Waals surface area contributed by atoms with Crippen LogP contribution in [0.25, 0.3) is 10.2 Å². The van der Waals surface area contributed by atoms with Crippen molar-refractivity contribution in [2.24, 2.45) is 5.92 Å². The molecule has 1 aliphatic heterocycles. The Kier molecular flexibility index (Phi) is 5.88. The van der Waals surface area contributed by atoms with Crippen LogP contribution in [0.15, 0.2) is 36.4 Å². The Balaban J connectivity index is 1.32. The number of rotatable bonds is 6. The second-order valence-electron chi connectivity index (χ2n) is 7.19. The molecule has 5 nitrogen and oxygen atoms in total. The fourth-order valence-corrected chi connectivity index (χ4v) is 5.20. The molecule has 1 fully saturated rings. The van der Waals surface area contributed by atoms with Crippen molar-refractivity contribution in [1.29, 1.82) is 0 Å². The number of alkyl halides is 3. The Morgan fingerprint density at radius 3 is 2.87 bits per heavy atom. The average molecular weight is 456 g/mol. The van der Waals surface area contributed by atoms with E-state index in [1.165, 1.54) is 6.07 Å². The summed E-state index contributed by atoms with van der Waals surface area (Å²) in [7, 11) is 0. The molecule has 10 heteroatoms. The number of fused-ring (bicyclic) bond motifs is 1. The molecule has 3 heterocycles. The van der Waals surface area contributed by atoms with E-state index in [1.807, 2.05) is 31.2 Å². The molecule has 0 unspecified atom stereocenters. The van der Waals surface area contributed by atoms with Crippen molar-refractivity contribution in [2.75, 3.05) is 24.6 Å². The number of hydrogen-bond acceptors (Lipinski definition) is 6. The van der Waals surface area contributed by atoms with Crippen LogP contribution in [0, 0.1) is 5.92 Å². The summed E-state index contributed by atoms with van der Waals surface area (Å²) in [4.78, 5) is 20.3. The van der Waals surface area contributed by atoms with Gasteiger partial charge in [-0.1, -0.05) is 23.5 Å². The number of carbonyl (C=O) groups excluding carboxylic acids is 1. The van der Waals surface area contributed by atoms with Gasteiger partial charge in [-0.05, 0) is 37.6 Å². The van der Waals surface area contributed by atoms with Gasteiger partial charge >= 0.3 is 6.18 Å². The van der Waals surface area contributed by atoms with Gasteiger partial charge in [-0.25, -0.2) is 4.98 Å². The molecular formula is C20H20F3N3O2S2. The third-order valence-corrected chi connectivity index (χ3v) is 7.16. The summed E-state index contributed by atoms with van der Waals surface area (Å²) >= 11 is 2.73. The maximum atomic E-state index is 12.7. The molecule has 160 valence electrons. The first-order chi connectivity index (χ1) is 14.3. The summed E-state index contributed by atoms with van der Waals surface area (Å²) in [5.74, 6) is -0.211. The van der Waals surface area contributed by atoms with E-state index in [-0.39, 0.29) is 22.9 Å². The quantitative estimate of drug-likeness (QED) is 0.568. The zero-order valence-electron chi connectivity index (χ0n) is 16.1. The Morgan fingerprint density at radius 2 is 2.10 bits per heavy atom. The molecule has 0 spiro atoms. The van der Waals surface area contributed by atoms with E-state index in [4.69, 9.17) is 4.74 Å². The van der Waals surface area contributed by atoms with Crippen LogP contribution < -0.4 is 15.0 Å². The molecule has 0 saturated carbocycles. The van der Waals surface area contributed by atoms with Crippen molar-refractivity contribution in [2.45, 2.75) is 25.6 Å². The monoisotopic (exact) mass is 455 g/mol. The molecular weight excluding hydrogens is 435 g/mol. The van der Waals surface area contributed by atoms with Crippen LogP contribution in [0.2, 0.25) is 0 Å². The minimum atomic E-state index is -4.37. The smallest absolute Gasteiger partial charge is 0.422 e. The first-order valence-electron chi connectivity index (χ1n) is 9.49. The lowest BCUT2D eigenvalue weighted by atomic mass is 10.1. The summed E-state index contributed by atoms with van der Waals surface area (Å²) in [6, 6.07) is 10.8. The normalized spacial score (nSPS) is 18.0. The molecule has 1 aromatic carbocycles. The number of thiophene rings is 1. The molecule has 30 heavy (non-hydrogen) atoms. The molecule has 1 aliphatic rings. The minimum Gasteiger partial charge on any atom is -0.475 e. The third-order valence-electron chi connectivity index (χ3n) is 4.88. The van der Waals surface area contributed by atoms with Crippen LogP contribution in [0.1, 0.15) is 24.3 Å². The molecule has 1 N–H and O–H groups in total. The van der Waals surface area contributed by atoms with E-state index in [9.17, 15) is 18.0 Å². The largest absolute Gasteiger partial charge is 0.475 e. The van der Waals surface area contributed by atoms with Crippen molar-refractivity contribution in [3.63, 3.8) is 0 Å². The lowest BCUT2D eigenvalue weighted by Gasteiger charge is -2.17. The van der Waals surface area contributed by atoms with Crippen molar-refractivity contribution < 1.29 is 22.7 Å². The Hall–Kier alpha value is -2.33. The molecule has 0 bridgehead atoms. The predicted octanol–water partition coefficient (Wildman–Crippen LogP) is 5.00. The van der Waals surface area contributed by atoms with Gasteiger partial charge in [0.1, 0.15) is 0 Å². The van der Waals surface area contributed by atoms with Crippen LogP contribution in [-0.2, 0) is 4.79 Å². The van der Waals surface area contributed by atoms with Crippen LogP contribution >= 0.6 is 22.7 Å². The van der Waals surface area contributed by atoms with Gasteiger partial charge in [-0.2, -0.15) is 13.2 Å². The van der Waals surface area contributed by atoms with Gasteiger partial charge in [0.25, 0.3) is 0 Å². The van der Waals surface area contributed by atoms with E-state index in [1.54, 1.807) is 17.4 Å². The molecule has 2 atom stereocenters.